The van der Waals surface area contributed by atoms with E-state index in [-0.39, 0.29) is 17.4 Å². The molecule has 1 aromatic heterocycles. The van der Waals surface area contributed by atoms with Gasteiger partial charge in [0.1, 0.15) is 5.76 Å². The first-order valence-corrected chi connectivity index (χ1v) is 6.57. The maximum atomic E-state index is 10.8. The van der Waals surface area contributed by atoms with Gasteiger partial charge in [0, 0.05) is 13.7 Å². The van der Waals surface area contributed by atoms with Gasteiger partial charge < -0.3 is 14.3 Å². The number of furan rings is 1. The number of hydrogen-bond acceptors (Lipinski definition) is 4. The molecule has 0 saturated carbocycles. The number of likely N-dealkylation sites (tertiary alicyclic amines) is 1. The van der Waals surface area contributed by atoms with Crippen molar-refractivity contribution in [1.29, 1.82) is 0 Å². The number of carbonyl (C=O) groups is 1. The lowest BCUT2D eigenvalue weighted by Crippen LogP contribution is -2.48. The summed E-state index contributed by atoms with van der Waals surface area (Å²) in [5.74, 6) is -0.343. The van der Waals surface area contributed by atoms with Crippen molar-refractivity contribution in [2.24, 2.45) is 0 Å². The number of carboxylic acid groups (broad SMARTS) is 1. The van der Waals surface area contributed by atoms with Crippen molar-refractivity contribution < 1.29 is 19.1 Å². The molecule has 1 aliphatic rings. The second-order valence-electron chi connectivity index (χ2n) is 5.41. The summed E-state index contributed by atoms with van der Waals surface area (Å²) in [6, 6.07) is 3.31. The van der Waals surface area contributed by atoms with Gasteiger partial charge in [-0.15, -0.1) is 0 Å². The molecule has 5 nitrogen and oxygen atoms in total. The van der Waals surface area contributed by atoms with E-state index in [1.54, 1.807) is 13.2 Å². The Labute approximate surface area is 113 Å². The summed E-state index contributed by atoms with van der Waals surface area (Å²) in [4.78, 5) is 13.1. The van der Waals surface area contributed by atoms with Crippen molar-refractivity contribution in [3.05, 3.63) is 23.7 Å². The third-order valence-electron chi connectivity index (χ3n) is 3.98. The van der Waals surface area contributed by atoms with Crippen molar-refractivity contribution >= 4 is 5.97 Å². The minimum Gasteiger partial charge on any atom is -0.475 e. The van der Waals surface area contributed by atoms with Crippen LogP contribution in [0.15, 0.2) is 16.5 Å². The van der Waals surface area contributed by atoms with Gasteiger partial charge in [-0.25, -0.2) is 4.79 Å². The van der Waals surface area contributed by atoms with Crippen LogP contribution in [-0.2, 0) is 4.74 Å². The Morgan fingerprint density at radius 2 is 2.32 bits per heavy atom. The number of nitrogens with zero attached hydrogens (tertiary/aromatic N) is 1. The van der Waals surface area contributed by atoms with Crippen molar-refractivity contribution in [2.75, 3.05) is 20.2 Å². The Balaban J connectivity index is 2.10. The molecule has 106 valence electrons. The number of carboxylic acids is 1. The van der Waals surface area contributed by atoms with E-state index in [2.05, 4.69) is 11.8 Å². The zero-order chi connectivity index (χ0) is 14.0. The Bertz CT molecular complexity index is 456. The highest BCUT2D eigenvalue weighted by molar-refractivity contribution is 5.84. The summed E-state index contributed by atoms with van der Waals surface area (Å²) in [5.41, 5.74) is -0.130. The number of aromatic carboxylic acids is 1. The summed E-state index contributed by atoms with van der Waals surface area (Å²) in [6.07, 6.45) is 2.12. The lowest BCUT2D eigenvalue weighted by molar-refractivity contribution is -0.0617. The van der Waals surface area contributed by atoms with Gasteiger partial charge in [0.25, 0.3) is 0 Å². The lowest BCUT2D eigenvalue weighted by Gasteiger charge is -2.41. The maximum absolute atomic E-state index is 10.8. The van der Waals surface area contributed by atoms with Crippen molar-refractivity contribution in [3.63, 3.8) is 0 Å². The average Bonchev–Trinajstić information content (AvgIpc) is 2.87. The molecule has 1 fully saturated rings. The minimum absolute atomic E-state index is 0.00615. The van der Waals surface area contributed by atoms with E-state index < -0.39 is 5.97 Å². The third kappa shape index (κ3) is 2.98. The lowest BCUT2D eigenvalue weighted by atomic mass is 9.93. The van der Waals surface area contributed by atoms with E-state index in [0.29, 0.717) is 5.76 Å². The number of hydrogen-bond donors (Lipinski definition) is 1. The van der Waals surface area contributed by atoms with Crippen molar-refractivity contribution in [3.8, 4) is 0 Å². The Morgan fingerprint density at radius 3 is 2.89 bits per heavy atom. The van der Waals surface area contributed by atoms with Crippen LogP contribution in [0.25, 0.3) is 0 Å². The summed E-state index contributed by atoms with van der Waals surface area (Å²) in [6.45, 7) is 5.94. The van der Waals surface area contributed by atoms with E-state index in [9.17, 15) is 4.79 Å². The van der Waals surface area contributed by atoms with Gasteiger partial charge in [-0.1, -0.05) is 0 Å². The number of ether oxygens (including phenoxy) is 1. The van der Waals surface area contributed by atoms with Crippen LogP contribution in [-0.4, -0.2) is 41.8 Å². The fraction of sp³-hybridized carbons (Fsp3) is 0.643. The first kappa shape index (κ1) is 14.1. The highest BCUT2D eigenvalue weighted by atomic mass is 16.5. The first-order valence-electron chi connectivity index (χ1n) is 6.57. The van der Waals surface area contributed by atoms with Crippen LogP contribution >= 0.6 is 0 Å². The summed E-state index contributed by atoms with van der Waals surface area (Å²) >= 11 is 0. The molecule has 0 amide bonds. The van der Waals surface area contributed by atoms with E-state index in [0.717, 1.165) is 25.9 Å². The standard InChI is InChI=1S/C14H21NO4/c1-10(11-5-6-12(19-11)13(16)17)15-8-4-7-14(2,9-15)18-3/h5-6,10H,4,7-9H2,1-3H3,(H,16,17). The highest BCUT2D eigenvalue weighted by Crippen LogP contribution is 2.31. The molecule has 19 heavy (non-hydrogen) atoms. The molecule has 1 saturated heterocycles. The number of piperidine rings is 1. The van der Waals surface area contributed by atoms with Crippen LogP contribution in [0.1, 0.15) is 49.0 Å². The Kier molecular flexibility index (Phi) is 3.96. The van der Waals surface area contributed by atoms with Crippen LogP contribution in [0.3, 0.4) is 0 Å². The Morgan fingerprint density at radius 1 is 1.58 bits per heavy atom. The molecule has 0 bridgehead atoms. The third-order valence-corrected chi connectivity index (χ3v) is 3.98. The second-order valence-corrected chi connectivity index (χ2v) is 5.41. The number of methoxy groups -OCH3 is 1. The van der Waals surface area contributed by atoms with Gasteiger partial charge in [-0.05, 0) is 45.4 Å². The zero-order valence-electron chi connectivity index (χ0n) is 11.7. The molecular formula is C14H21NO4. The zero-order valence-corrected chi connectivity index (χ0v) is 11.7. The number of rotatable bonds is 4. The molecule has 0 radical (unpaired) electrons. The maximum Gasteiger partial charge on any atom is 0.371 e. The molecule has 0 spiro atoms. The smallest absolute Gasteiger partial charge is 0.371 e. The monoisotopic (exact) mass is 267 g/mol. The summed E-state index contributed by atoms with van der Waals surface area (Å²) < 4.78 is 11.0. The highest BCUT2D eigenvalue weighted by Gasteiger charge is 2.34. The first-order chi connectivity index (χ1) is 8.95. The van der Waals surface area contributed by atoms with Crippen LogP contribution in [0.4, 0.5) is 0 Å². The van der Waals surface area contributed by atoms with Crippen LogP contribution in [0.2, 0.25) is 0 Å². The summed E-state index contributed by atoms with van der Waals surface area (Å²) in [5, 5.41) is 8.88. The van der Waals surface area contributed by atoms with Crippen molar-refractivity contribution in [2.45, 2.75) is 38.3 Å². The molecule has 1 N–H and O–H groups in total. The second kappa shape index (κ2) is 5.35. The largest absolute Gasteiger partial charge is 0.475 e. The quantitative estimate of drug-likeness (QED) is 0.908. The van der Waals surface area contributed by atoms with E-state index in [4.69, 9.17) is 14.3 Å². The van der Waals surface area contributed by atoms with Crippen LogP contribution in [0, 0.1) is 0 Å². The van der Waals surface area contributed by atoms with Crippen LogP contribution < -0.4 is 0 Å². The molecule has 1 aliphatic heterocycles. The topological polar surface area (TPSA) is 62.9 Å². The molecule has 2 heterocycles. The predicted octanol–water partition coefficient (Wildman–Crippen LogP) is 2.54. The molecule has 5 heteroatoms. The van der Waals surface area contributed by atoms with Gasteiger partial charge in [-0.3, -0.25) is 4.90 Å². The minimum atomic E-state index is -1.03. The van der Waals surface area contributed by atoms with E-state index >= 15 is 0 Å². The van der Waals surface area contributed by atoms with Crippen LogP contribution in [0.5, 0.6) is 0 Å². The van der Waals surface area contributed by atoms with Gasteiger partial charge in [0.2, 0.25) is 5.76 Å². The SMILES string of the molecule is COC1(C)CCCN(C(C)c2ccc(C(=O)O)o2)C1. The average molecular weight is 267 g/mol. The summed E-state index contributed by atoms with van der Waals surface area (Å²) in [7, 11) is 1.74. The molecule has 2 rings (SSSR count). The molecular weight excluding hydrogens is 246 g/mol. The molecule has 0 aliphatic carbocycles. The van der Waals surface area contributed by atoms with E-state index in [1.807, 2.05) is 6.92 Å². The molecule has 0 aromatic carbocycles. The van der Waals surface area contributed by atoms with Gasteiger partial charge >= 0.3 is 5.97 Å². The van der Waals surface area contributed by atoms with E-state index in [1.165, 1.54) is 6.07 Å². The van der Waals surface area contributed by atoms with Gasteiger partial charge in [0.15, 0.2) is 0 Å². The Hall–Kier alpha value is -1.33. The van der Waals surface area contributed by atoms with Gasteiger partial charge in [-0.2, -0.15) is 0 Å². The van der Waals surface area contributed by atoms with Crippen molar-refractivity contribution in [1.82, 2.24) is 4.90 Å². The molecule has 2 atom stereocenters. The molecule has 1 aromatic rings. The fourth-order valence-electron chi connectivity index (χ4n) is 2.61. The van der Waals surface area contributed by atoms with Gasteiger partial charge in [0.05, 0.1) is 11.6 Å². The predicted molar refractivity (Wildman–Crippen MR) is 70.3 cm³/mol. The molecule has 2 unspecified atom stereocenters. The normalized spacial score (nSPS) is 26.3. The fourth-order valence-corrected chi connectivity index (χ4v) is 2.61.